The first-order valence-electron chi connectivity index (χ1n) is 17.2. The summed E-state index contributed by atoms with van der Waals surface area (Å²) in [6.45, 7) is 0. The summed E-state index contributed by atoms with van der Waals surface area (Å²) in [6, 6.07) is 55.4. The molecule has 7 aromatic carbocycles. The number of para-hydroxylation sites is 4. The van der Waals surface area contributed by atoms with Gasteiger partial charge in [-0.2, -0.15) is 0 Å². The summed E-state index contributed by atoms with van der Waals surface area (Å²) in [5, 5.41) is 7.05. The van der Waals surface area contributed by atoms with Crippen LogP contribution >= 0.6 is 0 Å². The maximum atomic E-state index is 6.18. The van der Waals surface area contributed by atoms with E-state index in [2.05, 4.69) is 149 Å². The van der Waals surface area contributed by atoms with Gasteiger partial charge in [-0.05, 0) is 65.2 Å². The Kier molecular flexibility index (Phi) is 5.89. The molecule has 5 heteroatoms. The number of rotatable bonds is 4. The Morgan fingerprint density at radius 1 is 0.412 bits per heavy atom. The molecule has 11 rings (SSSR count). The van der Waals surface area contributed by atoms with Gasteiger partial charge in [0.25, 0.3) is 0 Å². The number of benzene rings is 7. The second-order valence-corrected chi connectivity index (χ2v) is 13.0. The molecule has 11 aromatic rings. The number of aromatic nitrogens is 4. The van der Waals surface area contributed by atoms with Gasteiger partial charge in [-0.15, -0.1) is 0 Å². The van der Waals surface area contributed by atoms with E-state index in [0.717, 1.165) is 60.9 Å². The van der Waals surface area contributed by atoms with Gasteiger partial charge < -0.3 is 8.98 Å². The summed E-state index contributed by atoms with van der Waals surface area (Å²) in [5.41, 5.74) is 11.7. The highest BCUT2D eigenvalue weighted by Gasteiger charge is 2.21. The topological polar surface area (TPSA) is 48.8 Å². The third-order valence-corrected chi connectivity index (χ3v) is 10.2. The van der Waals surface area contributed by atoms with Crippen molar-refractivity contribution in [2.24, 2.45) is 0 Å². The van der Waals surface area contributed by atoms with Crippen LogP contribution in [-0.2, 0) is 0 Å². The van der Waals surface area contributed by atoms with Crippen molar-refractivity contribution in [2.75, 3.05) is 0 Å². The van der Waals surface area contributed by atoms with Gasteiger partial charge in [-0.1, -0.05) is 109 Å². The first kappa shape index (κ1) is 27.9. The van der Waals surface area contributed by atoms with Crippen LogP contribution in [0.4, 0.5) is 0 Å². The predicted molar refractivity (Wildman–Crippen MR) is 209 cm³/mol. The van der Waals surface area contributed by atoms with Crippen LogP contribution in [0, 0.1) is 0 Å². The van der Waals surface area contributed by atoms with E-state index in [9.17, 15) is 0 Å². The number of hydrogen-bond acceptors (Lipinski definition) is 3. The minimum atomic E-state index is 0.637. The highest BCUT2D eigenvalue weighted by molar-refractivity contribution is 6.26. The Morgan fingerprint density at radius 2 is 1.08 bits per heavy atom. The van der Waals surface area contributed by atoms with Crippen molar-refractivity contribution in [3.63, 3.8) is 0 Å². The zero-order valence-electron chi connectivity index (χ0n) is 27.4. The molecule has 0 saturated carbocycles. The third kappa shape index (κ3) is 4.09. The van der Waals surface area contributed by atoms with Crippen LogP contribution in [0.1, 0.15) is 0 Å². The summed E-state index contributed by atoms with van der Waals surface area (Å²) >= 11 is 0. The van der Waals surface area contributed by atoms with Crippen molar-refractivity contribution in [1.29, 1.82) is 0 Å². The molecule has 0 aliphatic carbocycles. The van der Waals surface area contributed by atoms with Gasteiger partial charge in [0.2, 0.25) is 5.95 Å². The van der Waals surface area contributed by atoms with E-state index in [-0.39, 0.29) is 0 Å². The fourth-order valence-corrected chi connectivity index (χ4v) is 8.04. The highest BCUT2D eigenvalue weighted by Crippen LogP contribution is 2.42. The van der Waals surface area contributed by atoms with E-state index in [4.69, 9.17) is 14.4 Å². The van der Waals surface area contributed by atoms with Crippen LogP contribution in [0.25, 0.3) is 99.4 Å². The molecule has 0 aliphatic rings. The van der Waals surface area contributed by atoms with Crippen molar-refractivity contribution in [3.05, 3.63) is 170 Å². The second kappa shape index (κ2) is 10.8. The van der Waals surface area contributed by atoms with Crippen LogP contribution < -0.4 is 0 Å². The number of furan rings is 1. The number of nitrogens with zero attached hydrogens (tertiary/aromatic N) is 4. The molecule has 238 valence electrons. The van der Waals surface area contributed by atoms with E-state index in [1.165, 1.54) is 32.6 Å². The van der Waals surface area contributed by atoms with Gasteiger partial charge in [-0.3, -0.25) is 4.57 Å². The molecular formula is C46H28N4O. The van der Waals surface area contributed by atoms with E-state index in [1.807, 2.05) is 30.6 Å². The van der Waals surface area contributed by atoms with Gasteiger partial charge in [0.15, 0.2) is 0 Å². The van der Waals surface area contributed by atoms with Gasteiger partial charge in [-0.25, -0.2) is 9.97 Å². The molecule has 0 aliphatic heterocycles. The molecule has 0 saturated heterocycles. The molecule has 0 unspecified atom stereocenters. The fraction of sp³-hybridized carbons (Fsp3) is 0. The highest BCUT2D eigenvalue weighted by atomic mass is 16.3. The lowest BCUT2D eigenvalue weighted by Crippen LogP contribution is -2.01. The Labute approximate surface area is 292 Å². The molecule has 4 heterocycles. The quantitative estimate of drug-likeness (QED) is 0.190. The largest absolute Gasteiger partial charge is 0.456 e. The average molecular weight is 653 g/mol. The molecule has 0 spiro atoms. The second-order valence-electron chi connectivity index (χ2n) is 13.0. The normalized spacial score (nSPS) is 11.9. The maximum absolute atomic E-state index is 6.18. The van der Waals surface area contributed by atoms with Crippen LogP contribution in [0.5, 0.6) is 0 Å². The van der Waals surface area contributed by atoms with Gasteiger partial charge in [0.05, 0.1) is 22.1 Å². The monoisotopic (exact) mass is 652 g/mol. The first-order chi connectivity index (χ1) is 25.3. The summed E-state index contributed by atoms with van der Waals surface area (Å²) in [4.78, 5) is 10.0. The SMILES string of the molecule is c1ccc(-n2c3ccccc3c3ccc4c(c5ccccc5n4-c4ncc(-c5cccc(-c6cccc7oc8ccccc8c67)c5)cn4)c32)cc1. The third-order valence-electron chi connectivity index (χ3n) is 10.2. The molecule has 0 N–H and O–H groups in total. The molecule has 5 nitrogen and oxygen atoms in total. The lowest BCUT2D eigenvalue weighted by atomic mass is 9.97. The molecular weight excluding hydrogens is 625 g/mol. The van der Waals surface area contributed by atoms with Crippen LogP contribution in [-0.4, -0.2) is 19.1 Å². The van der Waals surface area contributed by atoms with Gasteiger partial charge in [0, 0.05) is 56.0 Å². The number of fused-ring (bicyclic) bond motifs is 10. The van der Waals surface area contributed by atoms with Gasteiger partial charge >= 0.3 is 0 Å². The van der Waals surface area contributed by atoms with E-state index >= 15 is 0 Å². The summed E-state index contributed by atoms with van der Waals surface area (Å²) in [5.74, 6) is 0.637. The van der Waals surface area contributed by atoms with Crippen LogP contribution in [0.3, 0.4) is 0 Å². The zero-order valence-corrected chi connectivity index (χ0v) is 27.4. The van der Waals surface area contributed by atoms with Crippen molar-refractivity contribution in [1.82, 2.24) is 19.1 Å². The minimum absolute atomic E-state index is 0.637. The summed E-state index contributed by atoms with van der Waals surface area (Å²) < 4.78 is 10.8. The molecule has 0 radical (unpaired) electrons. The van der Waals surface area contributed by atoms with Crippen LogP contribution in [0.15, 0.2) is 175 Å². The maximum Gasteiger partial charge on any atom is 0.234 e. The Bertz CT molecular complexity index is 3130. The van der Waals surface area contributed by atoms with Crippen molar-refractivity contribution in [3.8, 4) is 33.9 Å². The lowest BCUT2D eigenvalue weighted by Gasteiger charge is -2.10. The van der Waals surface area contributed by atoms with Gasteiger partial charge in [0.1, 0.15) is 11.2 Å². The van der Waals surface area contributed by atoms with Crippen molar-refractivity contribution in [2.45, 2.75) is 0 Å². The summed E-state index contributed by atoms with van der Waals surface area (Å²) in [6.07, 6.45) is 3.88. The lowest BCUT2D eigenvalue weighted by molar-refractivity contribution is 0.669. The average Bonchev–Trinajstić information content (AvgIpc) is 3.86. The molecule has 0 amide bonds. The Morgan fingerprint density at radius 3 is 1.92 bits per heavy atom. The van der Waals surface area contributed by atoms with Crippen molar-refractivity contribution >= 4 is 65.6 Å². The molecule has 51 heavy (non-hydrogen) atoms. The predicted octanol–water partition coefficient (Wildman–Crippen LogP) is 11.9. The Hall–Kier alpha value is -6.98. The fourth-order valence-electron chi connectivity index (χ4n) is 8.04. The van der Waals surface area contributed by atoms with Crippen LogP contribution in [0.2, 0.25) is 0 Å². The molecule has 0 atom stereocenters. The molecule has 4 aromatic heterocycles. The Balaban J connectivity index is 1.08. The van der Waals surface area contributed by atoms with Crippen molar-refractivity contribution < 1.29 is 4.42 Å². The van der Waals surface area contributed by atoms with E-state index in [0.29, 0.717) is 5.95 Å². The standard InChI is InChI=1S/C46H28N4O/c1-2-14-32(15-3-1)49-38-20-7-4-16-34(38)35-24-25-40-44(45(35)49)36-17-5-8-21-39(36)50(40)46-47-27-31(28-48-46)29-12-10-13-30(26-29)33-19-11-23-42-43(33)37-18-6-9-22-41(37)51-42/h1-28H. The molecule has 0 fully saturated rings. The zero-order chi connectivity index (χ0) is 33.5. The molecule has 0 bridgehead atoms. The van der Waals surface area contributed by atoms with E-state index < -0.39 is 0 Å². The summed E-state index contributed by atoms with van der Waals surface area (Å²) in [7, 11) is 0. The number of hydrogen-bond donors (Lipinski definition) is 0. The smallest absolute Gasteiger partial charge is 0.234 e. The van der Waals surface area contributed by atoms with E-state index in [1.54, 1.807) is 0 Å². The first-order valence-corrected chi connectivity index (χ1v) is 17.2. The minimum Gasteiger partial charge on any atom is -0.456 e.